The number of ether oxygens (including phenoxy) is 1. The number of carbonyl (C=O) groups is 1. The Labute approximate surface area is 160 Å². The monoisotopic (exact) mass is 374 g/mol. The number of benzene rings is 1. The number of methoxy groups -OCH3 is 1. The molecular formula is C20H30N4O3. The zero-order valence-electron chi connectivity index (χ0n) is 16.7. The van der Waals surface area contributed by atoms with E-state index in [1.54, 1.807) is 7.11 Å². The largest absolute Gasteiger partial charge is 0.439 e. The Hall–Kier alpha value is -2.12. The lowest BCUT2D eigenvalue weighted by molar-refractivity contribution is 0.126. The molecule has 1 fully saturated rings. The number of hydrogen-bond donors (Lipinski definition) is 1. The maximum atomic E-state index is 12.1. The number of rotatable bonds is 5. The van der Waals surface area contributed by atoms with Crippen molar-refractivity contribution in [2.75, 3.05) is 46.4 Å². The van der Waals surface area contributed by atoms with Gasteiger partial charge in [-0.15, -0.1) is 0 Å². The fourth-order valence-electron chi connectivity index (χ4n) is 3.18. The van der Waals surface area contributed by atoms with Crippen molar-refractivity contribution >= 4 is 17.1 Å². The van der Waals surface area contributed by atoms with Crippen molar-refractivity contribution in [2.45, 2.75) is 32.7 Å². The molecule has 0 spiro atoms. The van der Waals surface area contributed by atoms with Crippen LogP contribution in [-0.4, -0.2) is 67.3 Å². The van der Waals surface area contributed by atoms with E-state index < -0.39 is 0 Å². The van der Waals surface area contributed by atoms with Crippen LogP contribution in [0.4, 0.5) is 4.79 Å². The molecule has 0 unspecified atom stereocenters. The molecule has 1 aliphatic heterocycles. The van der Waals surface area contributed by atoms with Crippen molar-refractivity contribution in [1.29, 1.82) is 0 Å². The van der Waals surface area contributed by atoms with Gasteiger partial charge >= 0.3 is 6.03 Å². The van der Waals surface area contributed by atoms with E-state index >= 15 is 0 Å². The molecule has 1 saturated heterocycles. The second-order valence-electron chi connectivity index (χ2n) is 8.03. The summed E-state index contributed by atoms with van der Waals surface area (Å²) in [5.41, 5.74) is 3.08. The van der Waals surface area contributed by atoms with Crippen LogP contribution in [0.1, 0.15) is 32.2 Å². The number of aromatic nitrogens is 1. The molecule has 1 aromatic heterocycles. The highest BCUT2D eigenvalue weighted by Crippen LogP contribution is 2.26. The Bertz CT molecular complexity index is 773. The number of amides is 2. The number of carbonyl (C=O) groups excluding carboxylic acids is 1. The Balaban J connectivity index is 1.55. The van der Waals surface area contributed by atoms with E-state index in [2.05, 4.69) is 48.1 Å². The van der Waals surface area contributed by atoms with Crippen LogP contribution >= 0.6 is 0 Å². The maximum Gasteiger partial charge on any atom is 0.317 e. The predicted molar refractivity (Wildman–Crippen MR) is 105 cm³/mol. The summed E-state index contributed by atoms with van der Waals surface area (Å²) >= 11 is 0. The van der Waals surface area contributed by atoms with Crippen molar-refractivity contribution in [2.24, 2.45) is 0 Å². The van der Waals surface area contributed by atoms with Gasteiger partial charge in [0.2, 0.25) is 5.89 Å². The quantitative estimate of drug-likeness (QED) is 0.815. The molecule has 7 nitrogen and oxygen atoms in total. The molecule has 0 radical (unpaired) electrons. The number of nitrogens with one attached hydrogen (secondary N) is 1. The Morgan fingerprint density at radius 3 is 2.67 bits per heavy atom. The molecule has 2 amide bonds. The minimum absolute atomic E-state index is 0.0247. The van der Waals surface area contributed by atoms with Gasteiger partial charge in [0, 0.05) is 39.8 Å². The second kappa shape index (κ2) is 8.27. The molecule has 2 aromatic rings. The van der Waals surface area contributed by atoms with Gasteiger partial charge in [-0.25, -0.2) is 9.78 Å². The first-order chi connectivity index (χ1) is 12.9. The lowest BCUT2D eigenvalue weighted by Crippen LogP contribution is -2.51. The fourth-order valence-corrected chi connectivity index (χ4v) is 3.18. The number of fused-ring (bicyclic) bond motifs is 1. The summed E-state index contributed by atoms with van der Waals surface area (Å²) < 4.78 is 10.9. The molecule has 1 N–H and O–H groups in total. The van der Waals surface area contributed by atoms with Gasteiger partial charge in [-0.2, -0.15) is 0 Å². The first-order valence-electron chi connectivity index (χ1n) is 9.51. The van der Waals surface area contributed by atoms with Crippen molar-refractivity contribution < 1.29 is 13.9 Å². The maximum absolute atomic E-state index is 12.1. The highest BCUT2D eigenvalue weighted by molar-refractivity contribution is 5.74. The molecule has 0 aliphatic carbocycles. The lowest BCUT2D eigenvalue weighted by atomic mass is 9.87. The van der Waals surface area contributed by atoms with Crippen LogP contribution in [0.15, 0.2) is 22.6 Å². The van der Waals surface area contributed by atoms with Crippen LogP contribution in [0.25, 0.3) is 11.1 Å². The van der Waals surface area contributed by atoms with Crippen LogP contribution in [0.2, 0.25) is 0 Å². The highest BCUT2D eigenvalue weighted by atomic mass is 16.5. The summed E-state index contributed by atoms with van der Waals surface area (Å²) in [6.45, 7) is 11.3. The zero-order valence-corrected chi connectivity index (χ0v) is 16.7. The molecule has 1 aromatic carbocycles. The van der Waals surface area contributed by atoms with Crippen LogP contribution in [-0.2, 0) is 16.7 Å². The zero-order chi connectivity index (χ0) is 19.4. The van der Waals surface area contributed by atoms with E-state index in [0.29, 0.717) is 32.8 Å². The molecule has 3 rings (SSSR count). The topological polar surface area (TPSA) is 70.8 Å². The number of oxazole rings is 1. The van der Waals surface area contributed by atoms with Crippen molar-refractivity contribution in [3.05, 3.63) is 29.7 Å². The third-order valence-corrected chi connectivity index (χ3v) is 4.90. The predicted octanol–water partition coefficient (Wildman–Crippen LogP) is 2.60. The minimum Gasteiger partial charge on any atom is -0.439 e. The van der Waals surface area contributed by atoms with Gasteiger partial charge in [0.1, 0.15) is 5.52 Å². The molecule has 0 atom stereocenters. The number of urea groups is 1. The van der Waals surface area contributed by atoms with Gasteiger partial charge in [-0.05, 0) is 23.1 Å². The molecule has 7 heteroatoms. The molecule has 2 heterocycles. The van der Waals surface area contributed by atoms with Gasteiger partial charge in [-0.1, -0.05) is 26.8 Å². The Kier molecular flexibility index (Phi) is 6.01. The average Bonchev–Trinajstić information content (AvgIpc) is 3.03. The second-order valence-corrected chi connectivity index (χ2v) is 8.03. The standard InChI is InChI=1S/C20H30N4O3/c1-20(2,3)15-5-6-17-16(13-15)22-18(27-17)14-23-8-10-24(11-9-23)19(25)21-7-12-26-4/h5-6,13H,7-12,14H2,1-4H3,(H,21,25). The van der Waals surface area contributed by atoms with Gasteiger partial charge in [0.25, 0.3) is 0 Å². The van der Waals surface area contributed by atoms with E-state index in [1.165, 1.54) is 5.56 Å². The van der Waals surface area contributed by atoms with Crippen LogP contribution in [0.3, 0.4) is 0 Å². The van der Waals surface area contributed by atoms with Gasteiger partial charge in [-0.3, -0.25) is 4.90 Å². The molecular weight excluding hydrogens is 344 g/mol. The van der Waals surface area contributed by atoms with Gasteiger partial charge in [0.15, 0.2) is 5.58 Å². The number of nitrogens with zero attached hydrogens (tertiary/aromatic N) is 3. The summed E-state index contributed by atoms with van der Waals surface area (Å²) in [7, 11) is 1.63. The van der Waals surface area contributed by atoms with Crippen LogP contribution in [0.5, 0.6) is 0 Å². The number of hydrogen-bond acceptors (Lipinski definition) is 5. The first kappa shape index (κ1) is 19.6. The van der Waals surface area contributed by atoms with Crippen molar-refractivity contribution in [3.63, 3.8) is 0 Å². The molecule has 27 heavy (non-hydrogen) atoms. The molecule has 1 aliphatic rings. The van der Waals surface area contributed by atoms with E-state index in [9.17, 15) is 4.79 Å². The third kappa shape index (κ3) is 4.99. The van der Waals surface area contributed by atoms with E-state index in [4.69, 9.17) is 9.15 Å². The average molecular weight is 374 g/mol. The van der Waals surface area contributed by atoms with Gasteiger partial charge in [0.05, 0.1) is 13.2 Å². The molecule has 0 bridgehead atoms. The third-order valence-electron chi connectivity index (χ3n) is 4.90. The molecule has 0 saturated carbocycles. The smallest absolute Gasteiger partial charge is 0.317 e. The number of piperazine rings is 1. The summed E-state index contributed by atoms with van der Waals surface area (Å²) in [6, 6.07) is 6.21. The fraction of sp³-hybridized carbons (Fsp3) is 0.600. The normalized spacial score (nSPS) is 16.1. The van der Waals surface area contributed by atoms with Crippen molar-refractivity contribution in [1.82, 2.24) is 20.1 Å². The highest BCUT2D eigenvalue weighted by Gasteiger charge is 2.22. The summed E-state index contributed by atoms with van der Waals surface area (Å²) in [5.74, 6) is 0.731. The van der Waals surface area contributed by atoms with E-state index in [0.717, 1.165) is 30.1 Å². The summed E-state index contributed by atoms with van der Waals surface area (Å²) in [5, 5.41) is 2.87. The minimum atomic E-state index is -0.0247. The Morgan fingerprint density at radius 2 is 2.00 bits per heavy atom. The Morgan fingerprint density at radius 1 is 1.26 bits per heavy atom. The van der Waals surface area contributed by atoms with Crippen LogP contribution < -0.4 is 5.32 Å². The van der Waals surface area contributed by atoms with E-state index in [1.807, 2.05) is 11.0 Å². The lowest BCUT2D eigenvalue weighted by Gasteiger charge is -2.33. The van der Waals surface area contributed by atoms with Crippen LogP contribution in [0, 0.1) is 0 Å². The van der Waals surface area contributed by atoms with Gasteiger partial charge < -0.3 is 19.4 Å². The summed E-state index contributed by atoms with van der Waals surface area (Å²) in [4.78, 5) is 20.9. The van der Waals surface area contributed by atoms with Crippen molar-refractivity contribution in [3.8, 4) is 0 Å². The SMILES string of the molecule is COCCNC(=O)N1CCN(Cc2nc3cc(C(C)(C)C)ccc3o2)CC1. The van der Waals surface area contributed by atoms with E-state index in [-0.39, 0.29) is 11.4 Å². The first-order valence-corrected chi connectivity index (χ1v) is 9.51. The summed E-state index contributed by atoms with van der Waals surface area (Å²) in [6.07, 6.45) is 0. The molecule has 148 valence electrons.